The molecule has 0 aliphatic carbocycles. The van der Waals surface area contributed by atoms with Gasteiger partial charge in [-0.1, -0.05) is 41.8 Å². The molecule has 0 aliphatic heterocycles. The standard InChI is InChI=1S/C20H23BrN2O3/c1-3-4-5-12-26-17-10-8-15(9-11-17)19(24)22-23-20(25)16-7-6-14(2)18(21)13-16/h6-11,13H,3-5,12H2,1-2H3,(H,22,24)(H,23,25). The number of rotatable bonds is 7. The van der Waals surface area contributed by atoms with Gasteiger partial charge in [0.1, 0.15) is 5.75 Å². The zero-order valence-electron chi connectivity index (χ0n) is 15.0. The van der Waals surface area contributed by atoms with Crippen LogP contribution in [0, 0.1) is 6.92 Å². The highest BCUT2D eigenvalue weighted by Crippen LogP contribution is 2.17. The zero-order chi connectivity index (χ0) is 18.9. The highest BCUT2D eigenvalue weighted by Gasteiger charge is 2.10. The van der Waals surface area contributed by atoms with E-state index in [9.17, 15) is 9.59 Å². The summed E-state index contributed by atoms with van der Waals surface area (Å²) in [4.78, 5) is 24.2. The summed E-state index contributed by atoms with van der Waals surface area (Å²) in [5.74, 6) is -0.0387. The molecule has 0 aliphatic rings. The van der Waals surface area contributed by atoms with Crippen molar-refractivity contribution in [2.24, 2.45) is 0 Å². The summed E-state index contributed by atoms with van der Waals surface area (Å²) < 4.78 is 6.45. The van der Waals surface area contributed by atoms with E-state index in [0.717, 1.165) is 35.0 Å². The first-order valence-corrected chi connectivity index (χ1v) is 9.40. The number of carbonyl (C=O) groups is 2. The molecule has 2 N–H and O–H groups in total. The van der Waals surface area contributed by atoms with Crippen molar-refractivity contribution in [1.82, 2.24) is 10.9 Å². The molecule has 0 spiro atoms. The predicted molar refractivity (Wildman–Crippen MR) is 105 cm³/mol. The summed E-state index contributed by atoms with van der Waals surface area (Å²) in [6.07, 6.45) is 3.30. The maximum absolute atomic E-state index is 12.1. The number of hydrazine groups is 1. The van der Waals surface area contributed by atoms with Crippen molar-refractivity contribution in [2.45, 2.75) is 33.1 Å². The van der Waals surface area contributed by atoms with E-state index in [2.05, 4.69) is 33.7 Å². The fraction of sp³-hybridized carbons (Fsp3) is 0.300. The van der Waals surface area contributed by atoms with Crippen LogP contribution in [0.1, 0.15) is 52.5 Å². The van der Waals surface area contributed by atoms with Crippen molar-refractivity contribution in [1.29, 1.82) is 0 Å². The van der Waals surface area contributed by atoms with Crippen LogP contribution in [0.25, 0.3) is 0 Å². The Bertz CT molecular complexity index is 760. The van der Waals surface area contributed by atoms with Crippen LogP contribution < -0.4 is 15.6 Å². The van der Waals surface area contributed by atoms with E-state index in [-0.39, 0.29) is 11.8 Å². The van der Waals surface area contributed by atoms with Gasteiger partial charge in [-0.05, 0) is 55.3 Å². The maximum atomic E-state index is 12.1. The fourth-order valence-electron chi connectivity index (χ4n) is 2.24. The fourth-order valence-corrected chi connectivity index (χ4v) is 2.62. The average molecular weight is 419 g/mol. The zero-order valence-corrected chi connectivity index (χ0v) is 16.6. The Labute approximate surface area is 162 Å². The Balaban J connectivity index is 1.85. The predicted octanol–water partition coefficient (Wildman–Crippen LogP) is 4.40. The van der Waals surface area contributed by atoms with Crippen LogP contribution in [0.5, 0.6) is 5.75 Å². The summed E-state index contributed by atoms with van der Waals surface area (Å²) in [5.41, 5.74) is 6.76. The summed E-state index contributed by atoms with van der Waals surface area (Å²) in [7, 11) is 0. The van der Waals surface area contributed by atoms with Crippen molar-refractivity contribution in [2.75, 3.05) is 6.61 Å². The molecule has 6 heteroatoms. The number of unbranched alkanes of at least 4 members (excludes halogenated alkanes) is 2. The average Bonchev–Trinajstić information content (AvgIpc) is 2.65. The summed E-state index contributed by atoms with van der Waals surface area (Å²) >= 11 is 3.39. The number of carbonyl (C=O) groups excluding carboxylic acids is 2. The van der Waals surface area contributed by atoms with Gasteiger partial charge in [0.05, 0.1) is 6.61 Å². The van der Waals surface area contributed by atoms with Gasteiger partial charge in [0.25, 0.3) is 11.8 Å². The minimum Gasteiger partial charge on any atom is -0.494 e. The lowest BCUT2D eigenvalue weighted by atomic mass is 10.1. The van der Waals surface area contributed by atoms with Gasteiger partial charge < -0.3 is 4.74 Å². The lowest BCUT2D eigenvalue weighted by Crippen LogP contribution is -2.41. The lowest BCUT2D eigenvalue weighted by Gasteiger charge is -2.09. The topological polar surface area (TPSA) is 67.4 Å². The van der Waals surface area contributed by atoms with Gasteiger partial charge in [-0.2, -0.15) is 0 Å². The van der Waals surface area contributed by atoms with Crippen LogP contribution in [-0.4, -0.2) is 18.4 Å². The molecule has 0 fully saturated rings. The number of halogens is 1. The number of amides is 2. The van der Waals surface area contributed by atoms with Gasteiger partial charge in [-0.15, -0.1) is 0 Å². The first kappa shape index (κ1) is 20.0. The van der Waals surface area contributed by atoms with Crippen LogP contribution in [0.2, 0.25) is 0 Å². The Morgan fingerprint density at radius 3 is 2.19 bits per heavy atom. The first-order valence-electron chi connectivity index (χ1n) is 8.61. The molecule has 2 aromatic rings. The molecule has 0 saturated carbocycles. The molecule has 0 heterocycles. The van der Waals surface area contributed by atoms with Gasteiger partial charge >= 0.3 is 0 Å². The molecule has 5 nitrogen and oxygen atoms in total. The monoisotopic (exact) mass is 418 g/mol. The third-order valence-electron chi connectivity index (χ3n) is 3.86. The highest BCUT2D eigenvalue weighted by atomic mass is 79.9. The van der Waals surface area contributed by atoms with Gasteiger partial charge in [0.2, 0.25) is 0 Å². The molecule has 2 aromatic carbocycles. The summed E-state index contributed by atoms with van der Waals surface area (Å²) in [5, 5.41) is 0. The van der Waals surface area contributed by atoms with Crippen molar-refractivity contribution in [3.8, 4) is 5.75 Å². The minimum absolute atomic E-state index is 0.380. The molecule has 2 rings (SSSR count). The molecule has 138 valence electrons. The molecule has 0 aromatic heterocycles. The van der Waals surface area contributed by atoms with Crippen LogP contribution in [0.15, 0.2) is 46.9 Å². The van der Waals surface area contributed by atoms with Crippen molar-refractivity contribution in [3.63, 3.8) is 0 Å². The number of ether oxygens (including phenoxy) is 1. The van der Waals surface area contributed by atoms with Crippen molar-refractivity contribution < 1.29 is 14.3 Å². The number of nitrogens with one attached hydrogen (secondary N) is 2. The molecular formula is C20H23BrN2O3. The molecular weight excluding hydrogens is 396 g/mol. The highest BCUT2D eigenvalue weighted by molar-refractivity contribution is 9.10. The van der Waals surface area contributed by atoms with Crippen LogP contribution >= 0.6 is 15.9 Å². The van der Waals surface area contributed by atoms with Crippen LogP contribution in [0.3, 0.4) is 0 Å². The number of hydrogen-bond acceptors (Lipinski definition) is 3. The molecule has 0 saturated heterocycles. The van der Waals surface area contributed by atoms with Gasteiger partial charge in [-0.3, -0.25) is 20.4 Å². The van der Waals surface area contributed by atoms with Crippen molar-refractivity contribution >= 4 is 27.7 Å². The smallest absolute Gasteiger partial charge is 0.269 e. The Kier molecular flexibility index (Phi) is 7.66. The first-order chi connectivity index (χ1) is 12.5. The van der Waals surface area contributed by atoms with E-state index in [0.29, 0.717) is 17.7 Å². The van der Waals surface area contributed by atoms with E-state index >= 15 is 0 Å². The van der Waals surface area contributed by atoms with Gasteiger partial charge in [-0.25, -0.2) is 0 Å². The van der Waals surface area contributed by atoms with Crippen LogP contribution in [0.4, 0.5) is 0 Å². The third kappa shape index (κ3) is 5.88. The number of hydrogen-bond donors (Lipinski definition) is 2. The Morgan fingerprint density at radius 2 is 1.58 bits per heavy atom. The van der Waals surface area contributed by atoms with Crippen LogP contribution in [-0.2, 0) is 0 Å². The molecule has 0 radical (unpaired) electrons. The maximum Gasteiger partial charge on any atom is 0.269 e. The quantitative estimate of drug-likeness (QED) is 0.517. The van der Waals surface area contributed by atoms with E-state index < -0.39 is 0 Å². The largest absolute Gasteiger partial charge is 0.494 e. The Morgan fingerprint density at radius 1 is 0.962 bits per heavy atom. The van der Waals surface area contributed by atoms with E-state index in [1.165, 1.54) is 0 Å². The van der Waals surface area contributed by atoms with E-state index in [1.807, 2.05) is 13.0 Å². The van der Waals surface area contributed by atoms with E-state index in [4.69, 9.17) is 4.74 Å². The molecule has 0 bridgehead atoms. The third-order valence-corrected chi connectivity index (χ3v) is 4.71. The van der Waals surface area contributed by atoms with Crippen molar-refractivity contribution in [3.05, 3.63) is 63.6 Å². The number of benzene rings is 2. The van der Waals surface area contributed by atoms with E-state index in [1.54, 1.807) is 36.4 Å². The molecule has 2 amide bonds. The molecule has 0 atom stereocenters. The second kappa shape index (κ2) is 9.97. The molecule has 0 unspecified atom stereocenters. The lowest BCUT2D eigenvalue weighted by molar-refractivity contribution is 0.0846. The van der Waals surface area contributed by atoms with Gasteiger partial charge in [0, 0.05) is 15.6 Å². The second-order valence-corrected chi connectivity index (χ2v) is 6.81. The second-order valence-electron chi connectivity index (χ2n) is 5.95. The van der Waals surface area contributed by atoms with Gasteiger partial charge in [0.15, 0.2) is 0 Å². The SMILES string of the molecule is CCCCCOc1ccc(C(=O)NNC(=O)c2ccc(C)c(Br)c2)cc1. The summed E-state index contributed by atoms with van der Waals surface area (Å²) in [6, 6.07) is 12.1. The Hall–Kier alpha value is -2.34. The normalized spacial score (nSPS) is 10.3. The molecule has 26 heavy (non-hydrogen) atoms. The minimum atomic E-state index is -0.387. The summed E-state index contributed by atoms with van der Waals surface area (Å²) in [6.45, 7) is 4.75. The number of aryl methyl sites for hydroxylation is 1.